The summed E-state index contributed by atoms with van der Waals surface area (Å²) in [6.45, 7) is 2.29. The summed E-state index contributed by atoms with van der Waals surface area (Å²) in [5.74, 6) is 3.17. The molecule has 0 saturated heterocycles. The molecule has 0 amide bonds. The first kappa shape index (κ1) is 20.9. The van der Waals surface area contributed by atoms with Crippen LogP contribution < -0.4 is 4.74 Å². The molecule has 2 aliphatic rings. The van der Waals surface area contributed by atoms with Crippen LogP contribution in [-0.2, 0) is 4.79 Å². The van der Waals surface area contributed by atoms with Crippen LogP contribution in [0.5, 0.6) is 5.75 Å². The molecule has 1 aromatic carbocycles. The number of rotatable bonds is 7. The number of nitriles is 1. The fourth-order valence-electron chi connectivity index (χ4n) is 5.25. The van der Waals surface area contributed by atoms with E-state index in [-0.39, 0.29) is 11.9 Å². The molecule has 2 saturated carbocycles. The standard InChI is InChI=1S/C25H35NO2/c1-2-3-4-5-19-6-10-21(11-7-19)22-12-14-23(15-13-22)25(27)28-24-16-8-20(18-26)9-17-24/h8-9,16-17,19,21-23H,2-7,10-15H2,1H3/t19-,21-,22?,23?. The van der Waals surface area contributed by atoms with Gasteiger partial charge in [-0.25, -0.2) is 0 Å². The van der Waals surface area contributed by atoms with Crippen LogP contribution in [0.15, 0.2) is 24.3 Å². The Balaban J connectivity index is 1.38. The number of esters is 1. The van der Waals surface area contributed by atoms with Crippen LogP contribution in [0, 0.1) is 35.0 Å². The van der Waals surface area contributed by atoms with Crippen molar-refractivity contribution in [3.63, 3.8) is 0 Å². The number of hydrogen-bond donors (Lipinski definition) is 0. The molecule has 0 aliphatic heterocycles. The van der Waals surface area contributed by atoms with E-state index in [9.17, 15) is 4.79 Å². The zero-order valence-electron chi connectivity index (χ0n) is 17.4. The highest BCUT2D eigenvalue weighted by molar-refractivity contribution is 5.75. The average Bonchev–Trinajstić information content (AvgIpc) is 2.75. The van der Waals surface area contributed by atoms with E-state index in [1.807, 2.05) is 0 Å². The van der Waals surface area contributed by atoms with Gasteiger partial charge in [0.05, 0.1) is 17.6 Å². The van der Waals surface area contributed by atoms with Crippen molar-refractivity contribution in [2.75, 3.05) is 0 Å². The van der Waals surface area contributed by atoms with Crippen molar-refractivity contribution in [3.8, 4) is 11.8 Å². The fraction of sp³-hybridized carbons (Fsp3) is 0.680. The Morgan fingerprint density at radius 2 is 1.57 bits per heavy atom. The zero-order valence-corrected chi connectivity index (χ0v) is 17.4. The number of carbonyl (C=O) groups excluding carboxylic acids is 1. The first-order chi connectivity index (χ1) is 13.7. The van der Waals surface area contributed by atoms with Gasteiger partial charge in [0.2, 0.25) is 0 Å². The van der Waals surface area contributed by atoms with Crippen molar-refractivity contribution >= 4 is 5.97 Å². The molecular weight excluding hydrogens is 346 g/mol. The fourth-order valence-corrected chi connectivity index (χ4v) is 5.25. The molecular formula is C25H35NO2. The molecule has 0 spiro atoms. The lowest BCUT2D eigenvalue weighted by Crippen LogP contribution is -2.30. The summed E-state index contributed by atoms with van der Waals surface area (Å²) >= 11 is 0. The summed E-state index contributed by atoms with van der Waals surface area (Å²) < 4.78 is 5.55. The molecule has 0 atom stereocenters. The van der Waals surface area contributed by atoms with Crippen molar-refractivity contribution in [3.05, 3.63) is 29.8 Å². The number of carbonyl (C=O) groups is 1. The van der Waals surface area contributed by atoms with Gasteiger partial charge in [-0.3, -0.25) is 4.79 Å². The van der Waals surface area contributed by atoms with Crippen molar-refractivity contribution in [2.45, 2.75) is 84.0 Å². The average molecular weight is 382 g/mol. The van der Waals surface area contributed by atoms with E-state index in [1.54, 1.807) is 24.3 Å². The topological polar surface area (TPSA) is 50.1 Å². The van der Waals surface area contributed by atoms with Gasteiger partial charge >= 0.3 is 5.97 Å². The van der Waals surface area contributed by atoms with Gasteiger partial charge < -0.3 is 4.74 Å². The Morgan fingerprint density at radius 3 is 2.14 bits per heavy atom. The summed E-state index contributed by atoms with van der Waals surface area (Å²) in [6, 6.07) is 8.89. The van der Waals surface area contributed by atoms with E-state index in [2.05, 4.69) is 13.0 Å². The second-order valence-electron chi connectivity index (χ2n) is 8.95. The number of nitrogens with zero attached hydrogens (tertiary/aromatic N) is 1. The van der Waals surface area contributed by atoms with Crippen LogP contribution in [-0.4, -0.2) is 5.97 Å². The Morgan fingerprint density at radius 1 is 0.964 bits per heavy atom. The number of unbranched alkanes of at least 4 members (excludes halogenated alkanes) is 2. The molecule has 0 bridgehead atoms. The number of benzene rings is 1. The van der Waals surface area contributed by atoms with Gasteiger partial charge in [-0.2, -0.15) is 5.26 Å². The van der Waals surface area contributed by atoms with Crippen molar-refractivity contribution in [1.29, 1.82) is 5.26 Å². The highest BCUT2D eigenvalue weighted by Crippen LogP contribution is 2.42. The maximum atomic E-state index is 12.5. The number of ether oxygens (including phenoxy) is 1. The second kappa shape index (κ2) is 10.6. The van der Waals surface area contributed by atoms with E-state index >= 15 is 0 Å². The van der Waals surface area contributed by atoms with Gasteiger partial charge in [0.1, 0.15) is 5.75 Å². The highest BCUT2D eigenvalue weighted by Gasteiger charge is 2.33. The maximum absolute atomic E-state index is 12.5. The van der Waals surface area contributed by atoms with E-state index in [0.717, 1.165) is 30.6 Å². The summed E-state index contributed by atoms with van der Waals surface area (Å²) in [7, 11) is 0. The SMILES string of the molecule is CCCCC[C@H]1CC[C@H](C2CCC(C(=O)Oc3ccc(C#N)cc3)CC2)CC1. The first-order valence-electron chi connectivity index (χ1n) is 11.4. The maximum Gasteiger partial charge on any atom is 0.314 e. The molecule has 0 radical (unpaired) electrons. The van der Waals surface area contributed by atoms with Crippen LogP contribution in [0.25, 0.3) is 0 Å². The lowest BCUT2D eigenvalue weighted by Gasteiger charge is -2.37. The molecule has 3 nitrogen and oxygen atoms in total. The highest BCUT2D eigenvalue weighted by atomic mass is 16.5. The third kappa shape index (κ3) is 5.84. The molecule has 3 heteroatoms. The summed E-state index contributed by atoms with van der Waals surface area (Å²) in [4.78, 5) is 12.5. The van der Waals surface area contributed by atoms with Crippen LogP contribution >= 0.6 is 0 Å². The third-order valence-electron chi connectivity index (χ3n) is 7.08. The summed E-state index contributed by atoms with van der Waals surface area (Å²) in [5.41, 5.74) is 0.584. The quantitative estimate of drug-likeness (QED) is 0.301. The van der Waals surface area contributed by atoms with Gasteiger partial charge in [0.15, 0.2) is 0 Å². The molecule has 0 unspecified atom stereocenters. The van der Waals surface area contributed by atoms with Crippen molar-refractivity contribution in [2.24, 2.45) is 23.7 Å². The lowest BCUT2D eigenvalue weighted by atomic mass is 9.68. The molecule has 1 aromatic rings. The zero-order chi connectivity index (χ0) is 19.8. The third-order valence-corrected chi connectivity index (χ3v) is 7.08. The van der Waals surface area contributed by atoms with Gasteiger partial charge in [-0.15, -0.1) is 0 Å². The minimum Gasteiger partial charge on any atom is -0.426 e. The van der Waals surface area contributed by atoms with Crippen LogP contribution in [0.3, 0.4) is 0 Å². The molecule has 3 rings (SSSR count). The normalized spacial score (nSPS) is 27.7. The predicted molar refractivity (Wildman–Crippen MR) is 112 cm³/mol. The molecule has 0 heterocycles. The van der Waals surface area contributed by atoms with Crippen molar-refractivity contribution in [1.82, 2.24) is 0 Å². The molecule has 0 N–H and O–H groups in total. The summed E-state index contributed by atoms with van der Waals surface area (Å²) in [5, 5.41) is 8.85. The predicted octanol–water partition coefficient (Wildman–Crippen LogP) is 6.66. The van der Waals surface area contributed by atoms with Gasteiger partial charge in [-0.1, -0.05) is 45.4 Å². The smallest absolute Gasteiger partial charge is 0.314 e. The van der Waals surface area contributed by atoms with E-state index in [4.69, 9.17) is 10.00 Å². The minimum absolute atomic E-state index is 0.0391. The Bertz CT molecular complexity index is 644. The first-order valence-corrected chi connectivity index (χ1v) is 11.4. The van der Waals surface area contributed by atoms with Crippen LogP contribution in [0.4, 0.5) is 0 Å². The van der Waals surface area contributed by atoms with E-state index < -0.39 is 0 Å². The summed E-state index contributed by atoms with van der Waals surface area (Å²) in [6.07, 6.45) is 15.5. The second-order valence-corrected chi connectivity index (χ2v) is 8.95. The van der Waals surface area contributed by atoms with E-state index in [0.29, 0.717) is 11.3 Å². The molecule has 0 aromatic heterocycles. The lowest BCUT2D eigenvalue weighted by molar-refractivity contribution is -0.140. The molecule has 2 aliphatic carbocycles. The van der Waals surface area contributed by atoms with E-state index in [1.165, 1.54) is 64.2 Å². The Labute approximate surface area is 170 Å². The Hall–Kier alpha value is -1.82. The van der Waals surface area contributed by atoms with Gasteiger partial charge in [-0.05, 0) is 80.5 Å². The van der Waals surface area contributed by atoms with Crippen LogP contribution in [0.1, 0.15) is 89.5 Å². The number of hydrogen-bond acceptors (Lipinski definition) is 3. The van der Waals surface area contributed by atoms with Crippen LogP contribution in [0.2, 0.25) is 0 Å². The molecule has 152 valence electrons. The van der Waals surface area contributed by atoms with Crippen molar-refractivity contribution < 1.29 is 9.53 Å². The Kier molecular flexibility index (Phi) is 7.95. The molecule has 2 fully saturated rings. The molecule has 28 heavy (non-hydrogen) atoms. The van der Waals surface area contributed by atoms with Gasteiger partial charge in [0.25, 0.3) is 0 Å². The largest absolute Gasteiger partial charge is 0.426 e. The minimum atomic E-state index is -0.0946. The van der Waals surface area contributed by atoms with Gasteiger partial charge in [0, 0.05) is 0 Å². The monoisotopic (exact) mass is 381 g/mol.